The van der Waals surface area contributed by atoms with E-state index in [1.54, 1.807) is 0 Å². The van der Waals surface area contributed by atoms with E-state index in [2.05, 4.69) is 17.2 Å². The lowest BCUT2D eigenvalue weighted by atomic mass is 10.1. The first-order valence-electron chi connectivity index (χ1n) is 9.51. The van der Waals surface area contributed by atoms with Crippen LogP contribution in [0.1, 0.15) is 65.7 Å². The minimum Gasteiger partial charge on any atom is -0.464 e. The van der Waals surface area contributed by atoms with Gasteiger partial charge < -0.3 is 20.1 Å². The molecule has 26 heavy (non-hydrogen) atoms. The molecule has 2 unspecified atom stereocenters. The first-order chi connectivity index (χ1) is 12.5. The van der Waals surface area contributed by atoms with Crippen LogP contribution in [-0.4, -0.2) is 43.3 Å². The van der Waals surface area contributed by atoms with Gasteiger partial charge in [0.05, 0.1) is 6.61 Å². The minimum absolute atomic E-state index is 0.0659. The van der Waals surface area contributed by atoms with E-state index in [0.717, 1.165) is 32.1 Å². The molecule has 0 aliphatic rings. The highest BCUT2D eigenvalue weighted by Crippen LogP contribution is 2.07. The zero-order chi connectivity index (χ0) is 19.8. The Kier molecular flexibility index (Phi) is 14.0. The van der Waals surface area contributed by atoms with Gasteiger partial charge in [0.15, 0.2) is 0 Å². The zero-order valence-electron chi connectivity index (χ0n) is 16.3. The second-order valence-corrected chi connectivity index (χ2v) is 6.10. The Bertz CT molecular complexity index is 440. The smallest absolute Gasteiger partial charge is 0.408 e. The van der Waals surface area contributed by atoms with Gasteiger partial charge in [-0.3, -0.25) is 4.79 Å². The molecule has 0 rings (SSSR count). The summed E-state index contributed by atoms with van der Waals surface area (Å²) in [5.41, 5.74) is 0. The minimum atomic E-state index is -0.754. The van der Waals surface area contributed by atoms with Crippen molar-refractivity contribution in [2.45, 2.75) is 77.8 Å². The summed E-state index contributed by atoms with van der Waals surface area (Å²) in [6.45, 7) is 9.78. The number of hydrogen-bond donors (Lipinski definition) is 2. The molecule has 0 spiro atoms. The van der Waals surface area contributed by atoms with Gasteiger partial charge in [0.1, 0.15) is 18.7 Å². The van der Waals surface area contributed by atoms with Crippen molar-refractivity contribution in [3.05, 3.63) is 12.7 Å². The number of unbranched alkanes of at least 4 members (excludes halogenated alkanes) is 2. The maximum atomic E-state index is 12.6. The van der Waals surface area contributed by atoms with Gasteiger partial charge in [0, 0.05) is 0 Å². The van der Waals surface area contributed by atoms with Crippen LogP contribution < -0.4 is 10.6 Å². The maximum absolute atomic E-state index is 12.6. The Balaban J connectivity index is 4.90. The van der Waals surface area contributed by atoms with Gasteiger partial charge in [-0.25, -0.2) is 9.59 Å². The van der Waals surface area contributed by atoms with Gasteiger partial charge >= 0.3 is 12.1 Å². The van der Waals surface area contributed by atoms with Crippen LogP contribution in [0, 0.1) is 0 Å². The number of rotatable bonds is 14. The van der Waals surface area contributed by atoms with Gasteiger partial charge in [-0.15, -0.1) is 0 Å². The predicted octanol–water partition coefficient (Wildman–Crippen LogP) is 3.09. The monoisotopic (exact) mass is 370 g/mol. The molecule has 0 aliphatic carbocycles. The molecule has 0 bridgehead atoms. The summed E-state index contributed by atoms with van der Waals surface area (Å²) in [6.07, 6.45) is 5.80. The first kappa shape index (κ1) is 23.9. The van der Waals surface area contributed by atoms with Crippen molar-refractivity contribution in [1.29, 1.82) is 0 Å². The Morgan fingerprint density at radius 3 is 2.08 bits per heavy atom. The Hall–Kier alpha value is -2.05. The Morgan fingerprint density at radius 2 is 1.54 bits per heavy atom. The molecule has 0 saturated heterocycles. The van der Waals surface area contributed by atoms with Crippen molar-refractivity contribution < 1.29 is 23.9 Å². The average molecular weight is 370 g/mol. The lowest BCUT2D eigenvalue weighted by Crippen LogP contribution is -2.52. The third-order valence-corrected chi connectivity index (χ3v) is 3.68. The van der Waals surface area contributed by atoms with Crippen LogP contribution in [0.15, 0.2) is 12.7 Å². The summed E-state index contributed by atoms with van der Waals surface area (Å²) in [6, 6.07) is -1.46. The Morgan fingerprint density at radius 1 is 0.923 bits per heavy atom. The van der Waals surface area contributed by atoms with Crippen LogP contribution in [0.5, 0.6) is 0 Å². The maximum Gasteiger partial charge on any atom is 0.408 e. The molecular weight excluding hydrogens is 336 g/mol. The molecular formula is C19H34N2O5. The number of amides is 2. The molecule has 0 heterocycles. The first-order valence-corrected chi connectivity index (χ1v) is 9.51. The van der Waals surface area contributed by atoms with Gasteiger partial charge in [0.2, 0.25) is 5.91 Å². The van der Waals surface area contributed by atoms with Gasteiger partial charge in [-0.05, 0) is 19.3 Å². The van der Waals surface area contributed by atoms with E-state index in [0.29, 0.717) is 19.4 Å². The van der Waals surface area contributed by atoms with Crippen molar-refractivity contribution in [3.63, 3.8) is 0 Å². The van der Waals surface area contributed by atoms with E-state index in [1.165, 1.54) is 6.08 Å². The van der Waals surface area contributed by atoms with Crippen molar-refractivity contribution in [1.82, 2.24) is 10.6 Å². The standard InChI is InChI=1S/C19H34N2O5/c1-5-9-11-15(21-19(24)26-14-8-4)17(22)20-16(12-10-6-2)18(23)25-13-7-3/h8,15-16H,4-7,9-14H2,1-3H3,(H,20,22)(H,21,24). The van der Waals surface area contributed by atoms with Crippen LogP contribution >= 0.6 is 0 Å². The molecule has 0 radical (unpaired) electrons. The van der Waals surface area contributed by atoms with Crippen molar-refractivity contribution in [3.8, 4) is 0 Å². The Labute approximate surface area is 156 Å². The normalized spacial score (nSPS) is 12.6. The van der Waals surface area contributed by atoms with Crippen LogP contribution in [-0.2, 0) is 19.1 Å². The van der Waals surface area contributed by atoms with Gasteiger partial charge in [0.25, 0.3) is 0 Å². The fourth-order valence-electron chi connectivity index (χ4n) is 2.23. The molecule has 0 aliphatic heterocycles. The molecule has 0 fully saturated rings. The largest absolute Gasteiger partial charge is 0.464 e. The molecule has 150 valence electrons. The lowest BCUT2D eigenvalue weighted by molar-refractivity contribution is -0.148. The number of carbonyl (C=O) groups excluding carboxylic acids is 3. The van der Waals surface area contributed by atoms with E-state index in [1.807, 2.05) is 20.8 Å². The second-order valence-electron chi connectivity index (χ2n) is 6.10. The van der Waals surface area contributed by atoms with E-state index in [9.17, 15) is 14.4 Å². The third-order valence-electron chi connectivity index (χ3n) is 3.68. The fraction of sp³-hybridized carbons (Fsp3) is 0.737. The molecule has 0 aromatic rings. The highest BCUT2D eigenvalue weighted by atomic mass is 16.5. The number of carbonyl (C=O) groups is 3. The summed E-state index contributed by atoms with van der Waals surface area (Å²) in [5.74, 6) is -0.833. The van der Waals surface area contributed by atoms with Gasteiger partial charge in [-0.1, -0.05) is 59.1 Å². The molecule has 0 aromatic carbocycles. The summed E-state index contributed by atoms with van der Waals surface area (Å²) < 4.78 is 10.1. The molecule has 7 heteroatoms. The van der Waals surface area contributed by atoms with E-state index in [-0.39, 0.29) is 6.61 Å². The number of esters is 1. The van der Waals surface area contributed by atoms with Crippen molar-refractivity contribution in [2.24, 2.45) is 0 Å². The summed E-state index contributed by atoms with van der Waals surface area (Å²) in [4.78, 5) is 36.5. The summed E-state index contributed by atoms with van der Waals surface area (Å²) in [7, 11) is 0. The third kappa shape index (κ3) is 10.7. The lowest BCUT2D eigenvalue weighted by Gasteiger charge is -2.22. The van der Waals surface area contributed by atoms with Crippen LogP contribution in [0.2, 0.25) is 0 Å². The van der Waals surface area contributed by atoms with Crippen LogP contribution in [0.3, 0.4) is 0 Å². The molecule has 2 amide bonds. The molecule has 7 nitrogen and oxygen atoms in total. The highest BCUT2D eigenvalue weighted by Gasteiger charge is 2.27. The average Bonchev–Trinajstić information content (AvgIpc) is 2.64. The zero-order valence-corrected chi connectivity index (χ0v) is 16.3. The number of alkyl carbamates (subject to hydrolysis) is 1. The molecule has 0 saturated carbocycles. The number of hydrogen-bond acceptors (Lipinski definition) is 5. The number of ether oxygens (including phenoxy) is 2. The fourth-order valence-corrected chi connectivity index (χ4v) is 2.23. The van der Waals surface area contributed by atoms with E-state index >= 15 is 0 Å². The topological polar surface area (TPSA) is 93.7 Å². The molecule has 0 aromatic heterocycles. The second kappa shape index (κ2) is 15.2. The van der Waals surface area contributed by atoms with Crippen LogP contribution in [0.4, 0.5) is 4.79 Å². The SMILES string of the molecule is C=CCOC(=O)NC(CCCC)C(=O)NC(CCCC)C(=O)OCCC. The summed E-state index contributed by atoms with van der Waals surface area (Å²) >= 11 is 0. The molecule has 2 N–H and O–H groups in total. The van der Waals surface area contributed by atoms with Crippen molar-refractivity contribution >= 4 is 18.0 Å². The number of nitrogens with one attached hydrogen (secondary N) is 2. The van der Waals surface area contributed by atoms with Crippen LogP contribution in [0.25, 0.3) is 0 Å². The predicted molar refractivity (Wildman–Crippen MR) is 101 cm³/mol. The van der Waals surface area contributed by atoms with Crippen molar-refractivity contribution in [2.75, 3.05) is 13.2 Å². The quantitative estimate of drug-likeness (QED) is 0.362. The summed E-state index contributed by atoms with van der Waals surface area (Å²) in [5, 5.41) is 5.28. The van der Waals surface area contributed by atoms with E-state index in [4.69, 9.17) is 9.47 Å². The van der Waals surface area contributed by atoms with Gasteiger partial charge in [-0.2, -0.15) is 0 Å². The van der Waals surface area contributed by atoms with E-state index < -0.39 is 30.1 Å². The molecule has 2 atom stereocenters. The highest BCUT2D eigenvalue weighted by molar-refractivity contribution is 5.89.